The van der Waals surface area contributed by atoms with Gasteiger partial charge in [-0.15, -0.1) is 0 Å². The van der Waals surface area contributed by atoms with Crippen molar-refractivity contribution in [1.29, 1.82) is 0 Å². The van der Waals surface area contributed by atoms with Gasteiger partial charge in [0.2, 0.25) is 0 Å². The lowest BCUT2D eigenvalue weighted by atomic mass is 9.93. The number of nitrogens with one attached hydrogen (secondary N) is 3. The topological polar surface area (TPSA) is 95.2 Å². The molecule has 0 aliphatic rings. The number of hydrogen-bond acceptors (Lipinski definition) is 5. The smallest absolute Gasteiger partial charge is 0.116 e. The van der Waals surface area contributed by atoms with Crippen LogP contribution >= 0.6 is 0 Å². The van der Waals surface area contributed by atoms with Gasteiger partial charge in [-0.25, -0.2) is 0 Å². The molecule has 0 unspecified atom stereocenters. The SMILES string of the molecule is C=C(Nc1cncc(-c2cc3c(-c4cc5c(-c6ccncc6)cccc5[nH]4)n[nH]c3cn2)c1)C(C)(C)C. The molecule has 0 atom stereocenters. The Kier molecular flexibility index (Phi) is 5.34. The maximum Gasteiger partial charge on any atom is 0.116 e. The minimum Gasteiger partial charge on any atom is -0.358 e. The summed E-state index contributed by atoms with van der Waals surface area (Å²) >= 11 is 0. The summed E-state index contributed by atoms with van der Waals surface area (Å²) in [6, 6.07) is 16.6. The van der Waals surface area contributed by atoms with Gasteiger partial charge in [0, 0.05) is 51.6 Å². The van der Waals surface area contributed by atoms with Crippen LogP contribution in [-0.2, 0) is 0 Å². The van der Waals surface area contributed by atoms with Crippen LogP contribution in [0.1, 0.15) is 20.8 Å². The molecule has 1 aromatic carbocycles. The van der Waals surface area contributed by atoms with Crippen molar-refractivity contribution in [3.8, 4) is 33.8 Å². The van der Waals surface area contributed by atoms with Crippen molar-refractivity contribution in [2.45, 2.75) is 20.8 Å². The summed E-state index contributed by atoms with van der Waals surface area (Å²) in [4.78, 5) is 16.8. The first kappa shape index (κ1) is 22.7. The maximum absolute atomic E-state index is 4.67. The lowest BCUT2D eigenvalue weighted by molar-refractivity contribution is 0.509. The van der Waals surface area contributed by atoms with E-state index in [-0.39, 0.29) is 5.41 Å². The molecule has 0 saturated carbocycles. The number of aromatic nitrogens is 6. The van der Waals surface area contributed by atoms with Crippen LogP contribution < -0.4 is 5.32 Å². The molecule has 7 heteroatoms. The number of hydrogen-bond donors (Lipinski definition) is 3. The van der Waals surface area contributed by atoms with E-state index in [9.17, 15) is 0 Å². The van der Waals surface area contributed by atoms with Crippen LogP contribution in [0.25, 0.3) is 55.6 Å². The predicted octanol–water partition coefficient (Wildman–Crippen LogP) is 7.20. The minimum atomic E-state index is -0.0598. The highest BCUT2D eigenvalue weighted by Crippen LogP contribution is 2.35. The Bertz CT molecular complexity index is 1750. The number of benzene rings is 1. The highest BCUT2D eigenvalue weighted by Gasteiger charge is 2.17. The number of fused-ring (bicyclic) bond motifs is 2. The number of pyridine rings is 3. The van der Waals surface area contributed by atoms with Crippen LogP contribution in [0.4, 0.5) is 5.69 Å². The first-order chi connectivity index (χ1) is 17.9. The Morgan fingerprint density at radius 3 is 2.51 bits per heavy atom. The van der Waals surface area contributed by atoms with E-state index >= 15 is 0 Å². The predicted molar refractivity (Wildman–Crippen MR) is 150 cm³/mol. The molecule has 182 valence electrons. The van der Waals surface area contributed by atoms with Crippen LogP contribution in [0, 0.1) is 5.41 Å². The standard InChI is InChI=1S/C30H27N7/c1-18(30(2,3)4)34-21-12-20(15-32-16-21)26-14-24-28(17-33-26)36-37-29(24)27-13-23-22(6-5-7-25(23)35-27)19-8-10-31-11-9-19/h5-17,34-35H,1H2,2-4H3,(H,36,37). The van der Waals surface area contributed by atoms with Gasteiger partial charge < -0.3 is 10.3 Å². The van der Waals surface area contributed by atoms with E-state index in [4.69, 9.17) is 0 Å². The average molecular weight is 486 g/mol. The van der Waals surface area contributed by atoms with Crippen LogP contribution in [0.15, 0.2) is 91.8 Å². The van der Waals surface area contributed by atoms with Gasteiger partial charge in [0.15, 0.2) is 0 Å². The quantitative estimate of drug-likeness (QED) is 0.240. The van der Waals surface area contributed by atoms with Gasteiger partial charge >= 0.3 is 0 Å². The lowest BCUT2D eigenvalue weighted by Gasteiger charge is -2.23. The van der Waals surface area contributed by atoms with Crippen molar-refractivity contribution >= 4 is 27.5 Å². The van der Waals surface area contributed by atoms with E-state index < -0.39 is 0 Å². The third kappa shape index (κ3) is 4.25. The summed E-state index contributed by atoms with van der Waals surface area (Å²) in [5.41, 5.74) is 9.47. The molecule has 3 N–H and O–H groups in total. The number of aromatic amines is 2. The highest BCUT2D eigenvalue weighted by molar-refractivity contribution is 6.01. The number of H-pyrrole nitrogens is 2. The molecule has 6 aromatic rings. The van der Waals surface area contributed by atoms with E-state index in [0.29, 0.717) is 0 Å². The van der Waals surface area contributed by atoms with E-state index in [1.807, 2.05) is 43.0 Å². The largest absolute Gasteiger partial charge is 0.358 e. The third-order valence-corrected chi connectivity index (χ3v) is 6.59. The van der Waals surface area contributed by atoms with Gasteiger partial charge in [-0.3, -0.25) is 20.1 Å². The normalized spacial score (nSPS) is 11.8. The summed E-state index contributed by atoms with van der Waals surface area (Å²) < 4.78 is 0. The summed E-state index contributed by atoms with van der Waals surface area (Å²) in [5, 5.41) is 13.3. The average Bonchev–Trinajstić information content (AvgIpc) is 3.52. The Balaban J connectivity index is 1.40. The zero-order valence-corrected chi connectivity index (χ0v) is 21.0. The molecule has 0 saturated heterocycles. The lowest BCUT2D eigenvalue weighted by Crippen LogP contribution is -2.15. The van der Waals surface area contributed by atoms with E-state index in [2.05, 4.69) is 93.1 Å². The Morgan fingerprint density at radius 1 is 0.865 bits per heavy atom. The van der Waals surface area contributed by atoms with Crippen LogP contribution in [0.2, 0.25) is 0 Å². The van der Waals surface area contributed by atoms with Crippen molar-refractivity contribution in [3.63, 3.8) is 0 Å². The summed E-state index contributed by atoms with van der Waals surface area (Å²) in [6.07, 6.45) is 9.07. The van der Waals surface area contributed by atoms with Gasteiger partial charge in [-0.1, -0.05) is 39.5 Å². The minimum absolute atomic E-state index is 0.0598. The van der Waals surface area contributed by atoms with Crippen LogP contribution in [-0.4, -0.2) is 30.1 Å². The molecule has 0 aliphatic carbocycles. The fraction of sp³-hybridized carbons (Fsp3) is 0.133. The molecule has 0 fully saturated rings. The second-order valence-electron chi connectivity index (χ2n) is 10.2. The number of nitrogens with zero attached hydrogens (tertiary/aromatic N) is 4. The number of anilines is 1. The highest BCUT2D eigenvalue weighted by atomic mass is 15.1. The molecule has 0 bridgehead atoms. The molecular weight excluding hydrogens is 458 g/mol. The zero-order valence-electron chi connectivity index (χ0n) is 21.0. The molecule has 0 spiro atoms. The van der Waals surface area contributed by atoms with E-state index in [1.165, 1.54) is 0 Å². The molecule has 0 aliphatic heterocycles. The van der Waals surface area contributed by atoms with Crippen molar-refractivity contribution in [3.05, 3.63) is 91.8 Å². The first-order valence-corrected chi connectivity index (χ1v) is 12.2. The molecule has 37 heavy (non-hydrogen) atoms. The van der Waals surface area contributed by atoms with Crippen molar-refractivity contribution < 1.29 is 0 Å². The van der Waals surface area contributed by atoms with Crippen LogP contribution in [0.3, 0.4) is 0 Å². The van der Waals surface area contributed by atoms with Gasteiger partial charge in [-0.05, 0) is 47.5 Å². The van der Waals surface area contributed by atoms with E-state index in [0.717, 1.165) is 67.0 Å². The molecule has 6 rings (SSSR count). The fourth-order valence-electron chi connectivity index (χ4n) is 4.36. The number of allylic oxidation sites excluding steroid dienone is 1. The third-order valence-electron chi connectivity index (χ3n) is 6.59. The molecule has 5 aromatic heterocycles. The van der Waals surface area contributed by atoms with Gasteiger partial charge in [0.05, 0.1) is 35.0 Å². The monoisotopic (exact) mass is 485 g/mol. The second kappa shape index (κ2) is 8.71. The number of rotatable bonds is 5. The summed E-state index contributed by atoms with van der Waals surface area (Å²) in [6.45, 7) is 10.5. The second-order valence-corrected chi connectivity index (χ2v) is 10.2. The zero-order chi connectivity index (χ0) is 25.6. The van der Waals surface area contributed by atoms with Gasteiger partial charge in [-0.2, -0.15) is 5.10 Å². The van der Waals surface area contributed by atoms with Crippen LogP contribution in [0.5, 0.6) is 0 Å². The molecular formula is C30H27N7. The molecule has 0 amide bonds. The molecule has 5 heterocycles. The summed E-state index contributed by atoms with van der Waals surface area (Å²) in [5.74, 6) is 0. The van der Waals surface area contributed by atoms with Gasteiger partial charge in [0.1, 0.15) is 5.69 Å². The molecule has 7 nitrogen and oxygen atoms in total. The Hall–Kier alpha value is -4.78. The Labute approximate surface area is 214 Å². The van der Waals surface area contributed by atoms with E-state index in [1.54, 1.807) is 6.20 Å². The fourth-order valence-corrected chi connectivity index (χ4v) is 4.36. The Morgan fingerprint density at radius 2 is 1.70 bits per heavy atom. The molecule has 0 radical (unpaired) electrons. The van der Waals surface area contributed by atoms with Crippen molar-refractivity contribution in [2.75, 3.05) is 5.32 Å². The van der Waals surface area contributed by atoms with Crippen molar-refractivity contribution in [2.24, 2.45) is 5.41 Å². The summed E-state index contributed by atoms with van der Waals surface area (Å²) in [7, 11) is 0. The maximum atomic E-state index is 4.67. The first-order valence-electron chi connectivity index (χ1n) is 12.2. The van der Waals surface area contributed by atoms with Gasteiger partial charge in [0.25, 0.3) is 0 Å². The van der Waals surface area contributed by atoms with Crippen molar-refractivity contribution in [1.82, 2.24) is 30.1 Å².